The first-order valence-electron chi connectivity index (χ1n) is 14.3. The van der Waals surface area contributed by atoms with Gasteiger partial charge in [0.25, 0.3) is 0 Å². The highest BCUT2D eigenvalue weighted by Crippen LogP contribution is 2.47. The number of hydrogen-bond acceptors (Lipinski definition) is 5. The molecule has 2 fully saturated rings. The fourth-order valence-corrected chi connectivity index (χ4v) is 6.63. The molecule has 7 nitrogen and oxygen atoms in total. The van der Waals surface area contributed by atoms with E-state index in [1.807, 2.05) is 49.5 Å². The minimum Gasteiger partial charge on any atom is -0.390 e. The fraction of sp³-hybridized carbons (Fsp3) is 0.424. The van der Waals surface area contributed by atoms with Gasteiger partial charge in [-0.1, -0.05) is 42.5 Å². The molecule has 2 saturated carbocycles. The van der Waals surface area contributed by atoms with E-state index in [9.17, 15) is 14.7 Å². The average Bonchev–Trinajstić information content (AvgIpc) is 2.92. The van der Waals surface area contributed by atoms with Crippen LogP contribution in [0.2, 0.25) is 0 Å². The van der Waals surface area contributed by atoms with Crippen LogP contribution in [0.15, 0.2) is 60.8 Å². The van der Waals surface area contributed by atoms with Crippen LogP contribution in [0.4, 0.5) is 10.1 Å². The summed E-state index contributed by atoms with van der Waals surface area (Å²) in [5.41, 5.74) is 8.47. The first kappa shape index (κ1) is 28.9. The van der Waals surface area contributed by atoms with E-state index in [0.717, 1.165) is 36.8 Å². The quantitative estimate of drug-likeness (QED) is 0.349. The number of hydrogen-bond donors (Lipinski definition) is 3. The summed E-state index contributed by atoms with van der Waals surface area (Å²) in [4.78, 5) is 31.1. The second kappa shape index (κ2) is 11.3. The number of nitrogens with zero attached hydrogens (tertiary/aromatic N) is 2. The predicted molar refractivity (Wildman–Crippen MR) is 158 cm³/mol. The third-order valence-electron chi connectivity index (χ3n) is 8.76. The summed E-state index contributed by atoms with van der Waals surface area (Å²) in [6.45, 7) is 3.30. The number of carbonyl (C=O) groups is 2. The lowest BCUT2D eigenvalue weighted by molar-refractivity contribution is -0.130. The Morgan fingerprint density at radius 1 is 1.07 bits per heavy atom. The molecule has 2 aromatic carbocycles. The van der Waals surface area contributed by atoms with Crippen LogP contribution in [0.1, 0.15) is 64.4 Å². The molecular formula is C33H39FN4O3. The lowest BCUT2D eigenvalue weighted by Gasteiger charge is -2.49. The van der Waals surface area contributed by atoms with Crippen LogP contribution in [0.25, 0.3) is 22.4 Å². The molecule has 2 amide bonds. The highest BCUT2D eigenvalue weighted by molar-refractivity contribution is 5.93. The summed E-state index contributed by atoms with van der Waals surface area (Å²) in [5.74, 6) is -0.144. The Labute approximate surface area is 241 Å². The maximum Gasteiger partial charge on any atom is 0.224 e. The Balaban J connectivity index is 1.33. The van der Waals surface area contributed by atoms with E-state index < -0.39 is 17.0 Å². The van der Waals surface area contributed by atoms with Gasteiger partial charge in [-0.2, -0.15) is 0 Å². The zero-order chi connectivity index (χ0) is 29.4. The number of pyridine rings is 1. The largest absolute Gasteiger partial charge is 0.390 e. The van der Waals surface area contributed by atoms with Gasteiger partial charge in [-0.3, -0.25) is 14.6 Å². The van der Waals surface area contributed by atoms with Gasteiger partial charge in [0.05, 0.1) is 23.2 Å². The molecule has 4 N–H and O–H groups in total. The lowest BCUT2D eigenvalue weighted by atomic mass is 9.63. The summed E-state index contributed by atoms with van der Waals surface area (Å²) in [6, 6.07) is 16.8. The van der Waals surface area contributed by atoms with Gasteiger partial charge in [-0.15, -0.1) is 0 Å². The zero-order valence-electron chi connectivity index (χ0n) is 24.0. The van der Waals surface area contributed by atoms with E-state index in [2.05, 4.69) is 10.3 Å². The van der Waals surface area contributed by atoms with Crippen LogP contribution in [0, 0.1) is 11.7 Å². The molecule has 0 saturated heterocycles. The standard InChI is InChI=1S/C33H39FN4O3/c1-21(39)38(3)26-12-9-22(10-13-26)15-30(40)37-25-17-27(23-7-5-4-6-8-23)31(36-18-25)24-11-14-28(29(34)16-24)33(35)19-32(2,41)20-33/h4-8,11,14,16-18,22,26,41H,9-10,12-13,15,19-20,35H2,1-3H3,(H,37,40)/t22-,26-,32?,33?. The molecular weight excluding hydrogens is 519 g/mol. The van der Waals surface area contributed by atoms with Gasteiger partial charge in [0.1, 0.15) is 5.82 Å². The summed E-state index contributed by atoms with van der Waals surface area (Å²) >= 11 is 0. The summed E-state index contributed by atoms with van der Waals surface area (Å²) in [6.07, 6.45) is 6.25. The van der Waals surface area contributed by atoms with Crippen LogP contribution in [0.3, 0.4) is 0 Å². The minimum atomic E-state index is -0.890. The van der Waals surface area contributed by atoms with Crippen LogP contribution in [0.5, 0.6) is 0 Å². The molecule has 0 radical (unpaired) electrons. The molecule has 1 aromatic heterocycles. The fourth-order valence-electron chi connectivity index (χ4n) is 6.63. The number of halogens is 1. The number of nitrogens with two attached hydrogens (primary N) is 1. The third-order valence-corrected chi connectivity index (χ3v) is 8.76. The topological polar surface area (TPSA) is 109 Å². The Morgan fingerprint density at radius 3 is 2.37 bits per heavy atom. The smallest absolute Gasteiger partial charge is 0.224 e. The van der Waals surface area contributed by atoms with Crippen LogP contribution in [-0.2, 0) is 15.1 Å². The molecule has 216 valence electrons. The van der Waals surface area contributed by atoms with Crippen molar-refractivity contribution in [2.75, 3.05) is 12.4 Å². The average molecular weight is 559 g/mol. The predicted octanol–water partition coefficient (Wildman–Crippen LogP) is 5.62. The van der Waals surface area contributed by atoms with Crippen molar-refractivity contribution in [2.45, 2.75) is 76.0 Å². The second-order valence-electron chi connectivity index (χ2n) is 12.2. The van der Waals surface area contributed by atoms with Crippen LogP contribution in [-0.4, -0.2) is 45.5 Å². The number of benzene rings is 2. The number of aromatic nitrogens is 1. The van der Waals surface area contributed by atoms with Crippen LogP contribution >= 0.6 is 0 Å². The molecule has 2 aliphatic rings. The van der Waals surface area contributed by atoms with E-state index >= 15 is 4.39 Å². The number of rotatable bonds is 7. The molecule has 1 heterocycles. The number of anilines is 1. The van der Waals surface area contributed by atoms with E-state index in [0.29, 0.717) is 41.8 Å². The molecule has 0 aliphatic heterocycles. The molecule has 0 atom stereocenters. The maximum atomic E-state index is 15.4. The number of aliphatic hydroxyl groups is 1. The van der Waals surface area contributed by atoms with Crippen molar-refractivity contribution in [3.8, 4) is 22.4 Å². The Morgan fingerprint density at radius 2 is 1.76 bits per heavy atom. The number of amides is 2. The van der Waals surface area contributed by atoms with Gasteiger partial charge in [0.15, 0.2) is 0 Å². The van der Waals surface area contributed by atoms with Gasteiger partial charge in [-0.25, -0.2) is 4.39 Å². The molecule has 0 bridgehead atoms. The highest BCUT2D eigenvalue weighted by atomic mass is 19.1. The van der Waals surface area contributed by atoms with E-state index in [1.54, 1.807) is 31.0 Å². The summed E-state index contributed by atoms with van der Waals surface area (Å²) in [7, 11) is 1.85. The van der Waals surface area contributed by atoms with Gasteiger partial charge >= 0.3 is 0 Å². The Hall–Kier alpha value is -3.62. The lowest BCUT2D eigenvalue weighted by Crippen LogP contribution is -2.58. The van der Waals surface area contributed by atoms with Crippen molar-refractivity contribution in [2.24, 2.45) is 11.7 Å². The first-order valence-corrected chi connectivity index (χ1v) is 14.3. The summed E-state index contributed by atoms with van der Waals surface area (Å²) in [5, 5.41) is 13.2. The molecule has 0 unspecified atom stereocenters. The molecule has 5 rings (SSSR count). The zero-order valence-corrected chi connectivity index (χ0v) is 24.0. The number of nitrogens with one attached hydrogen (secondary N) is 1. The SMILES string of the molecule is CC(=O)N(C)[C@H]1CC[C@H](CC(=O)Nc2cnc(-c3ccc(C4(N)CC(C)(O)C4)c(F)c3)c(-c3ccccc3)c2)CC1. The van der Waals surface area contributed by atoms with E-state index in [1.165, 1.54) is 6.07 Å². The van der Waals surface area contributed by atoms with Crippen molar-refractivity contribution in [3.63, 3.8) is 0 Å². The first-order chi connectivity index (χ1) is 19.4. The Kier molecular flexibility index (Phi) is 7.99. The van der Waals surface area contributed by atoms with Crippen molar-refractivity contribution in [1.29, 1.82) is 0 Å². The minimum absolute atomic E-state index is 0.0676. The van der Waals surface area contributed by atoms with Gasteiger partial charge in [0.2, 0.25) is 11.8 Å². The molecule has 3 aromatic rings. The van der Waals surface area contributed by atoms with E-state index in [-0.39, 0.29) is 23.8 Å². The highest BCUT2D eigenvalue weighted by Gasteiger charge is 2.50. The van der Waals surface area contributed by atoms with E-state index in [4.69, 9.17) is 5.73 Å². The van der Waals surface area contributed by atoms with Crippen molar-refractivity contribution < 1.29 is 19.1 Å². The molecule has 41 heavy (non-hydrogen) atoms. The maximum absolute atomic E-state index is 15.4. The van der Waals surface area contributed by atoms with Gasteiger partial charge in [-0.05, 0) is 69.1 Å². The van der Waals surface area contributed by atoms with Crippen molar-refractivity contribution in [3.05, 3.63) is 72.2 Å². The third kappa shape index (κ3) is 6.34. The van der Waals surface area contributed by atoms with Crippen LogP contribution < -0.4 is 11.1 Å². The van der Waals surface area contributed by atoms with Crippen molar-refractivity contribution >= 4 is 17.5 Å². The molecule has 2 aliphatic carbocycles. The van der Waals surface area contributed by atoms with Gasteiger partial charge in [0, 0.05) is 48.7 Å². The molecule has 8 heteroatoms. The number of carbonyl (C=O) groups excluding carboxylic acids is 2. The summed E-state index contributed by atoms with van der Waals surface area (Å²) < 4.78 is 15.4. The Bertz CT molecular complexity index is 1430. The van der Waals surface area contributed by atoms with Crippen molar-refractivity contribution in [1.82, 2.24) is 9.88 Å². The van der Waals surface area contributed by atoms with Gasteiger partial charge < -0.3 is 21.1 Å². The monoisotopic (exact) mass is 558 g/mol. The normalized spacial score (nSPS) is 25.7. The second-order valence-corrected chi connectivity index (χ2v) is 12.2. The molecule has 0 spiro atoms.